The summed E-state index contributed by atoms with van der Waals surface area (Å²) in [4.78, 5) is 15.8. The highest BCUT2D eigenvalue weighted by Crippen LogP contribution is 2.26. The number of aromatic nitrogens is 4. The summed E-state index contributed by atoms with van der Waals surface area (Å²) in [6, 6.07) is 8.01. The van der Waals surface area contributed by atoms with Crippen LogP contribution >= 0.6 is 22.7 Å². The smallest absolute Gasteiger partial charge is 0.231 e. The maximum Gasteiger partial charge on any atom is 0.231 e. The molecule has 1 fully saturated rings. The molecule has 7 nitrogen and oxygen atoms in total. The molecule has 3 aromatic heterocycles. The van der Waals surface area contributed by atoms with Gasteiger partial charge in [-0.2, -0.15) is 0 Å². The number of aryl methyl sites for hydroxylation is 1. The third-order valence-electron chi connectivity index (χ3n) is 4.30. The molecule has 1 atom stereocenters. The van der Waals surface area contributed by atoms with Gasteiger partial charge in [0.05, 0.1) is 10.8 Å². The lowest BCUT2D eigenvalue weighted by molar-refractivity contribution is -0.120. The fraction of sp³-hybridized carbons (Fsp3) is 0.353. The molecule has 1 amide bonds. The zero-order chi connectivity index (χ0) is 17.9. The summed E-state index contributed by atoms with van der Waals surface area (Å²) in [5.41, 5.74) is 0.877. The molecule has 1 saturated heterocycles. The van der Waals surface area contributed by atoms with Gasteiger partial charge in [0.25, 0.3) is 0 Å². The van der Waals surface area contributed by atoms with Gasteiger partial charge in [0.15, 0.2) is 5.82 Å². The molecule has 4 rings (SSSR count). The highest BCUT2D eigenvalue weighted by molar-refractivity contribution is 7.15. The van der Waals surface area contributed by atoms with Crippen LogP contribution in [0.25, 0.3) is 10.6 Å². The van der Waals surface area contributed by atoms with Crippen molar-refractivity contribution in [3.8, 4) is 10.6 Å². The number of hydrogen-bond donors (Lipinski definition) is 1. The summed E-state index contributed by atoms with van der Waals surface area (Å²) in [6.07, 6.45) is 1.81. The number of nitrogens with one attached hydrogen (secondary N) is 1. The molecule has 0 aromatic carbocycles. The van der Waals surface area contributed by atoms with E-state index >= 15 is 0 Å². The van der Waals surface area contributed by atoms with Gasteiger partial charge < -0.3 is 10.2 Å². The number of piperidine rings is 1. The molecular weight excluding hydrogens is 368 g/mol. The van der Waals surface area contributed by atoms with Crippen LogP contribution < -0.4 is 10.2 Å². The maximum atomic E-state index is 12.5. The molecule has 1 aliphatic heterocycles. The zero-order valence-corrected chi connectivity index (χ0v) is 15.9. The Morgan fingerprint density at radius 1 is 1.23 bits per heavy atom. The van der Waals surface area contributed by atoms with E-state index in [0.29, 0.717) is 11.7 Å². The second kappa shape index (κ2) is 7.46. The van der Waals surface area contributed by atoms with E-state index in [0.717, 1.165) is 40.8 Å². The Labute approximate surface area is 159 Å². The zero-order valence-electron chi connectivity index (χ0n) is 14.3. The van der Waals surface area contributed by atoms with Crippen molar-refractivity contribution in [3.05, 3.63) is 34.7 Å². The van der Waals surface area contributed by atoms with Crippen LogP contribution in [0.1, 0.15) is 17.8 Å². The number of anilines is 2. The fourth-order valence-corrected chi connectivity index (χ4v) is 4.29. The van der Waals surface area contributed by atoms with Crippen LogP contribution in [0.15, 0.2) is 29.6 Å². The molecule has 0 radical (unpaired) electrons. The largest absolute Gasteiger partial charge is 0.354 e. The first-order valence-corrected chi connectivity index (χ1v) is 10.1. The quantitative estimate of drug-likeness (QED) is 0.741. The van der Waals surface area contributed by atoms with Gasteiger partial charge >= 0.3 is 0 Å². The van der Waals surface area contributed by atoms with E-state index in [9.17, 15) is 4.79 Å². The minimum atomic E-state index is -0.0910. The van der Waals surface area contributed by atoms with E-state index in [2.05, 4.69) is 30.6 Å². The minimum Gasteiger partial charge on any atom is -0.354 e. The van der Waals surface area contributed by atoms with Gasteiger partial charge in [-0.1, -0.05) is 17.4 Å². The Morgan fingerprint density at radius 2 is 2.15 bits per heavy atom. The van der Waals surface area contributed by atoms with E-state index in [1.807, 2.05) is 36.6 Å². The van der Waals surface area contributed by atoms with Gasteiger partial charge in [-0.25, -0.2) is 0 Å². The molecule has 0 saturated carbocycles. The molecule has 0 spiro atoms. The Kier molecular flexibility index (Phi) is 4.89. The third-order valence-corrected chi connectivity index (χ3v) is 5.94. The summed E-state index contributed by atoms with van der Waals surface area (Å²) in [5.74, 6) is 0.718. The molecule has 0 bridgehead atoms. The van der Waals surface area contributed by atoms with Gasteiger partial charge in [-0.3, -0.25) is 4.79 Å². The monoisotopic (exact) mass is 386 g/mol. The maximum absolute atomic E-state index is 12.5. The van der Waals surface area contributed by atoms with Gasteiger partial charge in [0, 0.05) is 13.1 Å². The average Bonchev–Trinajstić information content (AvgIpc) is 3.34. The van der Waals surface area contributed by atoms with Crippen molar-refractivity contribution in [1.82, 2.24) is 20.4 Å². The van der Waals surface area contributed by atoms with Crippen LogP contribution in [0.2, 0.25) is 0 Å². The van der Waals surface area contributed by atoms with Gasteiger partial charge in [-0.15, -0.1) is 31.7 Å². The Balaban J connectivity index is 1.42. The SMILES string of the molecule is Cc1nnc(NC(=O)C2CCCN(c3ccc(-c4cccs4)nn3)C2)s1. The van der Waals surface area contributed by atoms with Crippen molar-refractivity contribution in [3.63, 3.8) is 0 Å². The molecule has 134 valence electrons. The standard InChI is InChI=1S/C17H18N6OS2/c1-11-19-22-17(26-11)18-16(24)12-4-2-8-23(10-12)15-7-6-13(20-21-15)14-5-3-9-25-14/h3,5-7,9,12H,2,4,8,10H2,1H3,(H,18,22,24). The Hall–Kier alpha value is -2.39. The summed E-state index contributed by atoms with van der Waals surface area (Å²) >= 11 is 3.03. The van der Waals surface area contributed by atoms with Crippen molar-refractivity contribution in [2.75, 3.05) is 23.3 Å². The molecule has 1 unspecified atom stereocenters. The molecule has 4 heterocycles. The van der Waals surface area contributed by atoms with E-state index in [1.54, 1.807) is 11.3 Å². The summed E-state index contributed by atoms with van der Waals surface area (Å²) in [6.45, 7) is 3.39. The molecule has 3 aromatic rings. The third kappa shape index (κ3) is 3.73. The molecule has 1 N–H and O–H groups in total. The predicted octanol–water partition coefficient (Wildman–Crippen LogP) is 3.22. The molecular formula is C17H18N6OS2. The second-order valence-corrected chi connectivity index (χ2v) is 8.28. The van der Waals surface area contributed by atoms with Crippen LogP contribution in [-0.2, 0) is 4.79 Å². The summed E-state index contributed by atoms with van der Waals surface area (Å²) in [5, 5.41) is 22.9. The predicted molar refractivity (Wildman–Crippen MR) is 104 cm³/mol. The Bertz CT molecular complexity index is 877. The van der Waals surface area contributed by atoms with Crippen LogP contribution in [0.3, 0.4) is 0 Å². The number of hydrogen-bond acceptors (Lipinski definition) is 8. The van der Waals surface area contributed by atoms with E-state index in [-0.39, 0.29) is 11.8 Å². The average molecular weight is 387 g/mol. The van der Waals surface area contributed by atoms with Gasteiger partial charge in [0.2, 0.25) is 11.0 Å². The number of rotatable bonds is 4. The normalized spacial score (nSPS) is 17.3. The van der Waals surface area contributed by atoms with Crippen LogP contribution in [0.4, 0.5) is 10.9 Å². The van der Waals surface area contributed by atoms with Gasteiger partial charge in [-0.05, 0) is 43.3 Å². The van der Waals surface area contributed by atoms with Crippen molar-refractivity contribution < 1.29 is 4.79 Å². The Morgan fingerprint density at radius 3 is 2.85 bits per heavy atom. The highest BCUT2D eigenvalue weighted by Gasteiger charge is 2.27. The molecule has 1 aliphatic rings. The number of thiophene rings is 1. The number of carbonyl (C=O) groups excluding carboxylic acids is 1. The fourth-order valence-electron chi connectivity index (χ4n) is 3.00. The van der Waals surface area contributed by atoms with Gasteiger partial charge in [0.1, 0.15) is 10.7 Å². The lowest BCUT2D eigenvalue weighted by Gasteiger charge is -2.32. The summed E-state index contributed by atoms with van der Waals surface area (Å²) in [7, 11) is 0. The van der Waals surface area contributed by atoms with E-state index in [1.165, 1.54) is 11.3 Å². The lowest BCUT2D eigenvalue weighted by atomic mass is 9.97. The van der Waals surface area contributed by atoms with E-state index < -0.39 is 0 Å². The van der Waals surface area contributed by atoms with Crippen molar-refractivity contribution in [1.29, 1.82) is 0 Å². The highest BCUT2D eigenvalue weighted by atomic mass is 32.1. The second-order valence-electron chi connectivity index (χ2n) is 6.15. The first-order valence-electron chi connectivity index (χ1n) is 8.42. The van der Waals surface area contributed by atoms with Crippen molar-refractivity contribution in [2.45, 2.75) is 19.8 Å². The molecule has 26 heavy (non-hydrogen) atoms. The van der Waals surface area contributed by atoms with Crippen LogP contribution in [0, 0.1) is 12.8 Å². The first kappa shape index (κ1) is 17.0. The van der Waals surface area contributed by atoms with Crippen LogP contribution in [0.5, 0.6) is 0 Å². The summed E-state index contributed by atoms with van der Waals surface area (Å²) < 4.78 is 0. The topological polar surface area (TPSA) is 83.9 Å². The number of carbonyl (C=O) groups is 1. The molecule has 0 aliphatic carbocycles. The van der Waals surface area contributed by atoms with Crippen molar-refractivity contribution in [2.24, 2.45) is 5.92 Å². The lowest BCUT2D eigenvalue weighted by Crippen LogP contribution is -2.41. The minimum absolute atomic E-state index is 0.00554. The van der Waals surface area contributed by atoms with E-state index in [4.69, 9.17) is 0 Å². The first-order chi connectivity index (χ1) is 12.7. The number of amides is 1. The molecule has 9 heteroatoms. The van der Waals surface area contributed by atoms with Crippen LogP contribution in [-0.4, -0.2) is 39.4 Å². The number of nitrogens with zero attached hydrogens (tertiary/aromatic N) is 5. The van der Waals surface area contributed by atoms with Crippen molar-refractivity contribution >= 4 is 39.5 Å².